The standard InChI is InChI=1S/C21H25N3O3/c1-3-4-5-6-10-20(25)24(2)18-9-7-8-16(13-18)17-14-22-19(23-15-17)11-12-21(26)27/h7-9,11-15H,3-6,10H2,1-2H3,(H,26,27)/b12-11+. The molecular formula is C21H25N3O3. The van der Waals surface area contributed by atoms with Crippen molar-refractivity contribution in [2.75, 3.05) is 11.9 Å². The van der Waals surface area contributed by atoms with Crippen LogP contribution in [-0.2, 0) is 9.59 Å². The third-order valence-electron chi connectivity index (χ3n) is 4.23. The van der Waals surface area contributed by atoms with Crippen LogP contribution in [0.2, 0.25) is 0 Å². The molecule has 0 aliphatic heterocycles. The number of carboxylic acid groups (broad SMARTS) is 1. The molecule has 0 fully saturated rings. The van der Waals surface area contributed by atoms with Crippen LogP contribution in [0, 0.1) is 0 Å². The highest BCUT2D eigenvalue weighted by Gasteiger charge is 2.11. The SMILES string of the molecule is CCCCCCC(=O)N(C)c1cccc(-c2cnc(/C=C/C(=O)O)nc2)c1. The lowest BCUT2D eigenvalue weighted by Crippen LogP contribution is -2.25. The summed E-state index contributed by atoms with van der Waals surface area (Å²) in [7, 11) is 1.79. The number of amides is 1. The fourth-order valence-corrected chi connectivity index (χ4v) is 2.63. The second kappa shape index (κ2) is 10.2. The van der Waals surface area contributed by atoms with Gasteiger partial charge in [-0.3, -0.25) is 4.79 Å². The number of benzene rings is 1. The van der Waals surface area contributed by atoms with Crippen LogP contribution in [0.4, 0.5) is 5.69 Å². The van der Waals surface area contributed by atoms with Crippen molar-refractivity contribution in [2.24, 2.45) is 0 Å². The molecular weight excluding hydrogens is 342 g/mol. The van der Waals surface area contributed by atoms with E-state index in [4.69, 9.17) is 5.11 Å². The third kappa shape index (κ3) is 6.33. The summed E-state index contributed by atoms with van der Waals surface area (Å²) in [5.41, 5.74) is 2.52. The number of aliphatic carboxylic acids is 1. The van der Waals surface area contributed by atoms with Gasteiger partial charge < -0.3 is 10.0 Å². The summed E-state index contributed by atoms with van der Waals surface area (Å²) < 4.78 is 0. The van der Waals surface area contributed by atoms with Gasteiger partial charge in [0, 0.05) is 43.2 Å². The molecule has 6 nitrogen and oxygen atoms in total. The van der Waals surface area contributed by atoms with Crippen LogP contribution in [-0.4, -0.2) is 34.0 Å². The molecule has 0 bridgehead atoms. The second-order valence-electron chi connectivity index (χ2n) is 6.32. The number of anilines is 1. The molecule has 0 radical (unpaired) electrons. The molecule has 0 atom stereocenters. The molecule has 1 N–H and O–H groups in total. The van der Waals surface area contributed by atoms with Crippen molar-refractivity contribution in [3.63, 3.8) is 0 Å². The first-order valence-corrected chi connectivity index (χ1v) is 9.11. The zero-order chi connectivity index (χ0) is 19.6. The monoisotopic (exact) mass is 367 g/mol. The fraction of sp³-hybridized carbons (Fsp3) is 0.333. The van der Waals surface area contributed by atoms with Crippen LogP contribution in [0.15, 0.2) is 42.7 Å². The second-order valence-corrected chi connectivity index (χ2v) is 6.32. The van der Waals surface area contributed by atoms with E-state index in [2.05, 4.69) is 16.9 Å². The van der Waals surface area contributed by atoms with Gasteiger partial charge in [0.2, 0.25) is 5.91 Å². The molecule has 0 saturated carbocycles. The number of hydrogen-bond acceptors (Lipinski definition) is 4. The molecule has 1 amide bonds. The summed E-state index contributed by atoms with van der Waals surface area (Å²) in [6.07, 6.45) is 10.5. The van der Waals surface area contributed by atoms with Crippen molar-refractivity contribution < 1.29 is 14.7 Å². The number of rotatable bonds is 9. The van der Waals surface area contributed by atoms with Crippen molar-refractivity contribution in [1.82, 2.24) is 9.97 Å². The summed E-state index contributed by atoms with van der Waals surface area (Å²) >= 11 is 0. The van der Waals surface area contributed by atoms with E-state index in [0.29, 0.717) is 12.2 Å². The average Bonchev–Trinajstić information content (AvgIpc) is 2.69. The summed E-state index contributed by atoms with van der Waals surface area (Å²) in [4.78, 5) is 32.9. The van der Waals surface area contributed by atoms with Crippen molar-refractivity contribution in [1.29, 1.82) is 0 Å². The highest BCUT2D eigenvalue weighted by molar-refractivity contribution is 5.93. The van der Waals surface area contributed by atoms with E-state index in [1.807, 2.05) is 24.3 Å². The van der Waals surface area contributed by atoms with Crippen LogP contribution in [0.3, 0.4) is 0 Å². The minimum atomic E-state index is -1.04. The van der Waals surface area contributed by atoms with Crippen molar-refractivity contribution in [3.05, 3.63) is 48.6 Å². The Morgan fingerprint density at radius 3 is 2.52 bits per heavy atom. The largest absolute Gasteiger partial charge is 0.478 e. The molecule has 1 aromatic carbocycles. The van der Waals surface area contributed by atoms with E-state index in [1.165, 1.54) is 6.08 Å². The van der Waals surface area contributed by atoms with Crippen LogP contribution in [0.5, 0.6) is 0 Å². The summed E-state index contributed by atoms with van der Waals surface area (Å²) in [6, 6.07) is 7.64. The molecule has 0 spiro atoms. The highest BCUT2D eigenvalue weighted by Crippen LogP contribution is 2.24. The number of unbranched alkanes of at least 4 members (excludes halogenated alkanes) is 3. The number of carbonyl (C=O) groups is 2. The fourth-order valence-electron chi connectivity index (χ4n) is 2.63. The first-order valence-electron chi connectivity index (χ1n) is 9.11. The van der Waals surface area contributed by atoms with Gasteiger partial charge in [0.1, 0.15) is 0 Å². The van der Waals surface area contributed by atoms with Gasteiger partial charge >= 0.3 is 5.97 Å². The van der Waals surface area contributed by atoms with Crippen molar-refractivity contribution in [3.8, 4) is 11.1 Å². The minimum Gasteiger partial charge on any atom is -0.478 e. The number of carbonyl (C=O) groups excluding carboxylic acids is 1. The van der Waals surface area contributed by atoms with E-state index in [0.717, 1.165) is 48.6 Å². The number of aromatic nitrogens is 2. The van der Waals surface area contributed by atoms with Crippen LogP contribution >= 0.6 is 0 Å². The van der Waals surface area contributed by atoms with Crippen molar-refractivity contribution >= 4 is 23.6 Å². The maximum Gasteiger partial charge on any atom is 0.328 e. The molecule has 27 heavy (non-hydrogen) atoms. The van der Waals surface area contributed by atoms with Gasteiger partial charge in [-0.1, -0.05) is 38.3 Å². The van der Waals surface area contributed by atoms with Crippen LogP contribution in [0.25, 0.3) is 17.2 Å². The Morgan fingerprint density at radius 2 is 1.85 bits per heavy atom. The maximum atomic E-state index is 12.4. The van der Waals surface area contributed by atoms with Gasteiger partial charge in [-0.05, 0) is 30.2 Å². The highest BCUT2D eigenvalue weighted by atomic mass is 16.4. The molecule has 2 aromatic rings. The molecule has 0 aliphatic rings. The van der Waals surface area contributed by atoms with Gasteiger partial charge in [0.05, 0.1) is 0 Å². The maximum absolute atomic E-state index is 12.4. The number of nitrogens with zero attached hydrogens (tertiary/aromatic N) is 3. The summed E-state index contributed by atoms with van der Waals surface area (Å²) in [5.74, 6) is -0.608. The Labute approximate surface area is 159 Å². The van der Waals surface area contributed by atoms with E-state index in [1.54, 1.807) is 24.3 Å². The minimum absolute atomic E-state index is 0.105. The van der Waals surface area contributed by atoms with E-state index in [-0.39, 0.29) is 5.91 Å². The van der Waals surface area contributed by atoms with E-state index < -0.39 is 5.97 Å². The summed E-state index contributed by atoms with van der Waals surface area (Å²) in [6.45, 7) is 2.15. The Kier molecular flexibility index (Phi) is 7.67. The van der Waals surface area contributed by atoms with Gasteiger partial charge in [-0.25, -0.2) is 14.8 Å². The molecule has 1 heterocycles. The van der Waals surface area contributed by atoms with E-state index >= 15 is 0 Å². The normalized spacial score (nSPS) is 10.9. The van der Waals surface area contributed by atoms with Gasteiger partial charge in [0.15, 0.2) is 5.82 Å². The Morgan fingerprint density at radius 1 is 1.11 bits per heavy atom. The quantitative estimate of drug-likeness (QED) is 0.531. The molecule has 0 unspecified atom stereocenters. The predicted molar refractivity (Wildman–Crippen MR) is 106 cm³/mol. The lowest BCUT2D eigenvalue weighted by molar-refractivity contribution is -0.131. The molecule has 6 heteroatoms. The first-order chi connectivity index (χ1) is 13.0. The average molecular weight is 367 g/mol. The molecule has 0 saturated heterocycles. The van der Waals surface area contributed by atoms with Crippen LogP contribution in [0.1, 0.15) is 44.9 Å². The zero-order valence-corrected chi connectivity index (χ0v) is 15.8. The van der Waals surface area contributed by atoms with E-state index in [9.17, 15) is 9.59 Å². The van der Waals surface area contributed by atoms with Crippen LogP contribution < -0.4 is 4.90 Å². The third-order valence-corrected chi connectivity index (χ3v) is 4.23. The van der Waals surface area contributed by atoms with Gasteiger partial charge in [-0.2, -0.15) is 0 Å². The Bertz CT molecular complexity index is 801. The molecule has 1 aromatic heterocycles. The van der Waals surface area contributed by atoms with Gasteiger partial charge in [0.25, 0.3) is 0 Å². The number of hydrogen-bond donors (Lipinski definition) is 1. The number of carboxylic acids is 1. The van der Waals surface area contributed by atoms with Crippen molar-refractivity contribution in [2.45, 2.75) is 39.0 Å². The predicted octanol–water partition coefficient (Wildman–Crippen LogP) is 4.17. The topological polar surface area (TPSA) is 83.4 Å². The molecule has 142 valence electrons. The molecule has 0 aliphatic carbocycles. The lowest BCUT2D eigenvalue weighted by atomic mass is 10.1. The Balaban J connectivity index is 2.08. The zero-order valence-electron chi connectivity index (χ0n) is 15.8. The Hall–Kier alpha value is -3.02. The van der Waals surface area contributed by atoms with Gasteiger partial charge in [-0.15, -0.1) is 0 Å². The summed E-state index contributed by atoms with van der Waals surface area (Å²) in [5, 5.41) is 8.64. The smallest absolute Gasteiger partial charge is 0.328 e. The molecule has 2 rings (SSSR count). The lowest BCUT2D eigenvalue weighted by Gasteiger charge is -2.18. The first kappa shape index (κ1) is 20.3.